The summed E-state index contributed by atoms with van der Waals surface area (Å²) in [7, 11) is 0. The molecule has 0 fully saturated rings. The van der Waals surface area contributed by atoms with Crippen molar-refractivity contribution in [1.82, 2.24) is 0 Å². The number of anilines is 2. The van der Waals surface area contributed by atoms with E-state index in [4.69, 9.17) is 16.3 Å². The highest BCUT2D eigenvalue weighted by atomic mass is 35.5. The molecule has 0 amide bonds. The first-order valence-electron chi connectivity index (χ1n) is 11.0. The lowest BCUT2D eigenvalue weighted by Gasteiger charge is -2.30. The lowest BCUT2D eigenvalue weighted by atomic mass is 9.78. The molecule has 0 bridgehead atoms. The first-order valence-corrected chi connectivity index (χ1v) is 11.4. The van der Waals surface area contributed by atoms with Crippen LogP contribution < -0.4 is 15.4 Å². The van der Waals surface area contributed by atoms with Crippen molar-refractivity contribution < 1.29 is 9.53 Å². The van der Waals surface area contributed by atoms with E-state index in [1.807, 2.05) is 73.7 Å². The van der Waals surface area contributed by atoms with Crippen LogP contribution in [0.4, 0.5) is 11.4 Å². The average molecular weight is 445 g/mol. The van der Waals surface area contributed by atoms with Gasteiger partial charge < -0.3 is 15.4 Å². The maximum absolute atomic E-state index is 13.6. The smallest absolute Gasteiger partial charge is 0.163 e. The van der Waals surface area contributed by atoms with Gasteiger partial charge in [0.15, 0.2) is 5.78 Å². The van der Waals surface area contributed by atoms with Crippen LogP contribution in [0.15, 0.2) is 84.1 Å². The standard InChI is InChI=1S/C27H25ClN2O2/c1-2-32-21-7-5-6-18(14-21)27-26-24(29-22-8-3-4-9-23(22)30-27)15-19(16-25(26)31)17-10-12-20(28)13-11-17/h3-14,19,27,29-30H,2,15-16H2,1H3/t19-,27+/m1/s1. The molecule has 0 saturated heterocycles. The summed E-state index contributed by atoms with van der Waals surface area (Å²) in [4.78, 5) is 13.6. The zero-order chi connectivity index (χ0) is 22.1. The Morgan fingerprint density at radius 1 is 0.938 bits per heavy atom. The molecule has 1 heterocycles. The van der Waals surface area contributed by atoms with Gasteiger partial charge in [0.25, 0.3) is 0 Å². The Balaban J connectivity index is 1.59. The molecule has 32 heavy (non-hydrogen) atoms. The summed E-state index contributed by atoms with van der Waals surface area (Å²) >= 11 is 6.08. The van der Waals surface area contributed by atoms with Crippen LogP contribution in [0.3, 0.4) is 0 Å². The Bertz CT molecular complexity index is 1190. The Morgan fingerprint density at radius 2 is 1.72 bits per heavy atom. The van der Waals surface area contributed by atoms with E-state index in [9.17, 15) is 4.79 Å². The average Bonchev–Trinajstić information content (AvgIpc) is 2.97. The van der Waals surface area contributed by atoms with Crippen LogP contribution in [0.2, 0.25) is 5.02 Å². The maximum Gasteiger partial charge on any atom is 0.163 e. The van der Waals surface area contributed by atoms with E-state index in [1.165, 1.54) is 0 Å². The van der Waals surface area contributed by atoms with Gasteiger partial charge in [0.05, 0.1) is 24.0 Å². The fourth-order valence-corrected chi connectivity index (χ4v) is 4.79. The summed E-state index contributed by atoms with van der Waals surface area (Å²) in [5.74, 6) is 1.08. The number of hydrogen-bond donors (Lipinski definition) is 2. The lowest BCUT2D eigenvalue weighted by molar-refractivity contribution is -0.116. The summed E-state index contributed by atoms with van der Waals surface area (Å²) < 4.78 is 5.73. The Morgan fingerprint density at radius 3 is 2.50 bits per heavy atom. The predicted molar refractivity (Wildman–Crippen MR) is 129 cm³/mol. The van der Waals surface area contributed by atoms with Crippen molar-refractivity contribution in [1.29, 1.82) is 0 Å². The van der Waals surface area contributed by atoms with Crippen LogP contribution >= 0.6 is 11.6 Å². The number of para-hydroxylation sites is 2. The first kappa shape index (κ1) is 20.7. The topological polar surface area (TPSA) is 50.4 Å². The summed E-state index contributed by atoms with van der Waals surface area (Å²) in [6.45, 7) is 2.57. The van der Waals surface area contributed by atoms with Gasteiger partial charge in [-0.15, -0.1) is 0 Å². The number of benzene rings is 3. The molecule has 3 aromatic carbocycles. The van der Waals surface area contributed by atoms with Gasteiger partial charge in [-0.1, -0.05) is 48.0 Å². The van der Waals surface area contributed by atoms with Crippen molar-refractivity contribution in [3.63, 3.8) is 0 Å². The number of halogens is 1. The first-order chi connectivity index (χ1) is 15.6. The van der Waals surface area contributed by atoms with Crippen LogP contribution in [-0.4, -0.2) is 12.4 Å². The number of carbonyl (C=O) groups excluding carboxylic acids is 1. The van der Waals surface area contributed by atoms with Crippen LogP contribution in [0.1, 0.15) is 42.9 Å². The van der Waals surface area contributed by atoms with E-state index in [-0.39, 0.29) is 17.7 Å². The van der Waals surface area contributed by atoms with Gasteiger partial charge >= 0.3 is 0 Å². The number of nitrogens with one attached hydrogen (secondary N) is 2. The monoisotopic (exact) mass is 444 g/mol. The molecular weight excluding hydrogens is 420 g/mol. The number of Topliss-reactive ketones (excluding diaryl/α,β-unsaturated/α-hetero) is 1. The normalized spacial score (nSPS) is 19.9. The summed E-state index contributed by atoms with van der Waals surface area (Å²) in [5.41, 5.74) is 5.89. The zero-order valence-corrected chi connectivity index (χ0v) is 18.7. The highest BCUT2D eigenvalue weighted by Crippen LogP contribution is 2.44. The Labute approximate surface area is 193 Å². The van der Waals surface area contributed by atoms with Crippen LogP contribution in [0.5, 0.6) is 5.75 Å². The van der Waals surface area contributed by atoms with Crippen LogP contribution in [0.25, 0.3) is 0 Å². The van der Waals surface area contributed by atoms with E-state index in [2.05, 4.69) is 16.7 Å². The van der Waals surface area contributed by atoms with Crippen molar-refractivity contribution in [2.75, 3.05) is 17.2 Å². The third-order valence-electron chi connectivity index (χ3n) is 6.15. The summed E-state index contributed by atoms with van der Waals surface area (Å²) in [5, 5.41) is 7.91. The van der Waals surface area contributed by atoms with Crippen molar-refractivity contribution in [3.05, 3.63) is 100 Å². The van der Waals surface area contributed by atoms with Crippen molar-refractivity contribution in [2.45, 2.75) is 31.7 Å². The van der Waals surface area contributed by atoms with Gasteiger partial charge in [0, 0.05) is 22.7 Å². The molecule has 2 N–H and O–H groups in total. The Hall–Kier alpha value is -3.24. The second-order valence-electron chi connectivity index (χ2n) is 8.23. The summed E-state index contributed by atoms with van der Waals surface area (Å²) in [6.07, 6.45) is 1.24. The van der Waals surface area contributed by atoms with E-state index < -0.39 is 0 Å². The molecule has 3 aromatic rings. The molecule has 4 nitrogen and oxygen atoms in total. The SMILES string of the molecule is CCOc1cccc([C@@H]2Nc3ccccc3NC3=C2C(=O)C[C@H](c2ccc(Cl)cc2)C3)c1. The molecule has 2 atom stereocenters. The van der Waals surface area contributed by atoms with Crippen LogP contribution in [-0.2, 0) is 4.79 Å². The third-order valence-corrected chi connectivity index (χ3v) is 6.40. The number of ketones is 1. The zero-order valence-electron chi connectivity index (χ0n) is 17.9. The highest BCUT2D eigenvalue weighted by Gasteiger charge is 2.36. The quantitative estimate of drug-likeness (QED) is 0.469. The van der Waals surface area contributed by atoms with E-state index >= 15 is 0 Å². The number of carbonyl (C=O) groups is 1. The number of rotatable bonds is 4. The maximum atomic E-state index is 13.6. The van der Waals surface area contributed by atoms with Crippen molar-refractivity contribution in [3.8, 4) is 5.75 Å². The molecule has 0 unspecified atom stereocenters. The molecular formula is C27H25ClN2O2. The molecule has 0 saturated carbocycles. The van der Waals surface area contributed by atoms with Gasteiger partial charge in [0.1, 0.15) is 5.75 Å². The van der Waals surface area contributed by atoms with Crippen LogP contribution in [0, 0.1) is 0 Å². The summed E-state index contributed by atoms with van der Waals surface area (Å²) in [6, 6.07) is 23.7. The molecule has 0 spiro atoms. The number of ether oxygens (including phenoxy) is 1. The molecule has 1 aliphatic heterocycles. The largest absolute Gasteiger partial charge is 0.494 e. The van der Waals surface area contributed by atoms with Crippen molar-refractivity contribution in [2.24, 2.45) is 0 Å². The number of hydrogen-bond acceptors (Lipinski definition) is 4. The van der Waals surface area contributed by atoms with Gasteiger partial charge in [-0.2, -0.15) is 0 Å². The fourth-order valence-electron chi connectivity index (χ4n) is 4.66. The fraction of sp³-hybridized carbons (Fsp3) is 0.222. The Kier molecular flexibility index (Phi) is 5.62. The highest BCUT2D eigenvalue weighted by molar-refractivity contribution is 6.30. The van der Waals surface area contributed by atoms with Gasteiger partial charge in [0.2, 0.25) is 0 Å². The number of fused-ring (bicyclic) bond motifs is 1. The molecule has 5 heteroatoms. The molecule has 5 rings (SSSR count). The van der Waals surface area contributed by atoms with Crippen molar-refractivity contribution >= 4 is 28.8 Å². The minimum Gasteiger partial charge on any atom is -0.494 e. The molecule has 162 valence electrons. The second-order valence-corrected chi connectivity index (χ2v) is 8.66. The lowest BCUT2D eigenvalue weighted by Crippen LogP contribution is -2.26. The second kappa shape index (κ2) is 8.71. The van der Waals surface area contributed by atoms with Gasteiger partial charge in [-0.05, 0) is 66.8 Å². The predicted octanol–water partition coefficient (Wildman–Crippen LogP) is 6.72. The van der Waals surface area contributed by atoms with E-state index in [1.54, 1.807) is 0 Å². The van der Waals surface area contributed by atoms with Gasteiger partial charge in [-0.3, -0.25) is 4.79 Å². The van der Waals surface area contributed by atoms with E-state index in [0.29, 0.717) is 18.1 Å². The van der Waals surface area contributed by atoms with E-state index in [0.717, 1.165) is 45.9 Å². The minimum absolute atomic E-state index is 0.117. The molecule has 0 radical (unpaired) electrons. The molecule has 2 aliphatic rings. The molecule has 1 aliphatic carbocycles. The minimum atomic E-state index is -0.250. The number of allylic oxidation sites excluding steroid dienone is 1. The third kappa shape index (κ3) is 3.98. The molecule has 0 aromatic heterocycles. The van der Waals surface area contributed by atoms with Gasteiger partial charge in [-0.25, -0.2) is 0 Å².